The second kappa shape index (κ2) is 10.9. The summed E-state index contributed by atoms with van der Waals surface area (Å²) in [5, 5.41) is 23.0. The Morgan fingerprint density at radius 3 is 1.80 bits per heavy atom. The minimum Gasteiger partial charge on any atom is -0.310 e. The van der Waals surface area contributed by atoms with Gasteiger partial charge in [-0.1, -0.05) is 85.4 Å². The fourth-order valence-electron chi connectivity index (χ4n) is 6.70. The van der Waals surface area contributed by atoms with Gasteiger partial charge in [-0.15, -0.1) is 0 Å². The molecule has 0 amide bonds. The van der Waals surface area contributed by atoms with Crippen LogP contribution in [0.15, 0.2) is 143 Å². The molecule has 6 aromatic carbocycles. The average molecular weight is 594 g/mol. The molecule has 2 aliphatic rings. The molecule has 45 heavy (non-hydrogen) atoms. The molecule has 0 radical (unpaired) electrons. The van der Waals surface area contributed by atoms with Gasteiger partial charge >= 0.3 is 0 Å². The maximum Gasteiger partial charge on any atom is 0.0991 e. The van der Waals surface area contributed by atoms with Crippen LogP contribution in [0.5, 0.6) is 0 Å². The zero-order valence-corrected chi connectivity index (χ0v) is 25.4. The largest absolute Gasteiger partial charge is 0.310 e. The number of fused-ring (bicyclic) bond motifs is 5. The van der Waals surface area contributed by atoms with E-state index in [-0.39, 0.29) is 0 Å². The Balaban J connectivity index is 1.23. The van der Waals surface area contributed by atoms with Crippen molar-refractivity contribution in [3.05, 3.63) is 161 Å². The Labute approximate surface area is 267 Å². The number of anilines is 3. The molecule has 3 nitrogen and oxygen atoms in total. The van der Waals surface area contributed by atoms with Gasteiger partial charge in [-0.05, 0) is 111 Å². The summed E-state index contributed by atoms with van der Waals surface area (Å²) in [7, 11) is 0. The lowest BCUT2D eigenvalue weighted by atomic mass is 9.81. The van der Waals surface area contributed by atoms with Gasteiger partial charge in [-0.2, -0.15) is 10.5 Å². The van der Waals surface area contributed by atoms with Gasteiger partial charge < -0.3 is 4.90 Å². The van der Waals surface area contributed by atoms with Gasteiger partial charge in [0.05, 0.1) is 23.3 Å². The fraction of sp³-hybridized carbons (Fsp3) is 0.0732. The highest BCUT2D eigenvalue weighted by atomic mass is 32.2. The first kappa shape index (κ1) is 27.0. The minimum absolute atomic E-state index is 0.403. The van der Waals surface area contributed by atoms with E-state index in [9.17, 15) is 10.5 Å². The zero-order valence-electron chi connectivity index (χ0n) is 24.6. The molecule has 0 fully saturated rings. The first-order chi connectivity index (χ1) is 22.1. The Morgan fingerprint density at radius 1 is 0.622 bits per heavy atom. The number of hydrogen-bond donors (Lipinski definition) is 0. The summed E-state index contributed by atoms with van der Waals surface area (Å²) in [6.07, 6.45) is 4.66. The number of nitrogens with zero attached hydrogens (tertiary/aromatic N) is 3. The third-order valence-corrected chi connectivity index (χ3v) is 10.3. The third-order valence-electron chi connectivity index (χ3n) is 8.97. The summed E-state index contributed by atoms with van der Waals surface area (Å²) < 4.78 is 0. The number of allylic oxidation sites excluding steroid dienone is 4. The SMILES string of the molecule is CC1C=CC(c2ccc(N(c3ccc4cc(C#N)ccc4c3)c3ccc4cc(C#N)ccc4c3)cc2)=C2Sc3ccccc3C21. The Kier molecular flexibility index (Phi) is 6.53. The third kappa shape index (κ3) is 4.68. The smallest absolute Gasteiger partial charge is 0.0991 e. The molecule has 8 rings (SSSR count). The van der Waals surface area contributed by atoms with Crippen LogP contribution in [-0.2, 0) is 0 Å². The van der Waals surface area contributed by atoms with Gasteiger partial charge in [-0.25, -0.2) is 0 Å². The zero-order chi connectivity index (χ0) is 30.5. The predicted octanol–water partition coefficient (Wildman–Crippen LogP) is 11.0. The van der Waals surface area contributed by atoms with Gasteiger partial charge in [0.15, 0.2) is 0 Å². The van der Waals surface area contributed by atoms with Gasteiger partial charge in [0, 0.05) is 32.8 Å². The Bertz CT molecular complexity index is 2200. The summed E-state index contributed by atoms with van der Waals surface area (Å²) in [4.78, 5) is 5.08. The highest BCUT2D eigenvalue weighted by molar-refractivity contribution is 8.03. The molecule has 1 aliphatic carbocycles. The van der Waals surface area contributed by atoms with Crippen LogP contribution in [0.3, 0.4) is 0 Å². The number of benzene rings is 6. The summed E-state index contributed by atoms with van der Waals surface area (Å²) in [5.41, 5.74) is 8.38. The maximum absolute atomic E-state index is 9.40. The maximum atomic E-state index is 9.40. The van der Waals surface area contributed by atoms with E-state index < -0.39 is 0 Å². The molecule has 0 saturated carbocycles. The number of rotatable bonds is 4. The van der Waals surface area contributed by atoms with Gasteiger partial charge in [0.2, 0.25) is 0 Å². The topological polar surface area (TPSA) is 50.8 Å². The highest BCUT2D eigenvalue weighted by Gasteiger charge is 2.35. The summed E-state index contributed by atoms with van der Waals surface area (Å²) in [5.74, 6) is 0.865. The van der Waals surface area contributed by atoms with E-state index in [1.54, 1.807) is 0 Å². The molecule has 0 N–H and O–H groups in total. The van der Waals surface area contributed by atoms with Crippen molar-refractivity contribution >= 4 is 55.9 Å². The molecule has 1 heterocycles. The molecule has 0 bridgehead atoms. The molecule has 6 aromatic rings. The molecular formula is C41H27N3S. The molecule has 2 unspecified atom stereocenters. The first-order valence-electron chi connectivity index (χ1n) is 15.1. The van der Waals surface area contributed by atoms with Crippen LogP contribution in [0.1, 0.15) is 35.1 Å². The lowest BCUT2D eigenvalue weighted by Crippen LogP contribution is -2.11. The van der Waals surface area contributed by atoms with Crippen molar-refractivity contribution in [2.45, 2.75) is 17.7 Å². The molecule has 0 spiro atoms. The van der Waals surface area contributed by atoms with E-state index in [0.29, 0.717) is 23.0 Å². The van der Waals surface area contributed by atoms with Crippen LogP contribution in [0, 0.1) is 28.6 Å². The standard InChI is InChI=1S/C41H27N3S/c1-26-6-19-37(41-40(26)38-4-2-3-5-39(38)45-41)29-11-15-34(16-12-29)44(35-17-13-30-20-27(24-42)7-9-32(30)22-35)36-18-14-31-21-28(25-43)8-10-33(31)23-36/h2-23,26,40H,1H3. The highest BCUT2D eigenvalue weighted by Crippen LogP contribution is 2.56. The second-order valence-corrected chi connectivity index (χ2v) is 12.8. The number of nitriles is 2. The summed E-state index contributed by atoms with van der Waals surface area (Å²) in [6.45, 7) is 2.32. The van der Waals surface area contributed by atoms with Crippen LogP contribution in [0.25, 0.3) is 27.1 Å². The van der Waals surface area contributed by atoms with E-state index in [4.69, 9.17) is 0 Å². The van der Waals surface area contributed by atoms with Crippen LogP contribution < -0.4 is 4.90 Å². The van der Waals surface area contributed by atoms with Crippen molar-refractivity contribution in [3.63, 3.8) is 0 Å². The van der Waals surface area contributed by atoms with E-state index in [0.717, 1.165) is 38.6 Å². The second-order valence-electron chi connectivity index (χ2n) is 11.7. The number of thioether (sulfide) groups is 1. The fourth-order valence-corrected chi connectivity index (χ4v) is 8.16. The Hall–Kier alpha value is -5.55. The Morgan fingerprint density at radius 2 is 1.18 bits per heavy atom. The lowest BCUT2D eigenvalue weighted by Gasteiger charge is -2.27. The van der Waals surface area contributed by atoms with E-state index in [2.05, 4.69) is 121 Å². The molecule has 4 heteroatoms. The van der Waals surface area contributed by atoms with E-state index in [1.807, 2.05) is 48.2 Å². The predicted molar refractivity (Wildman–Crippen MR) is 186 cm³/mol. The molecule has 1 aliphatic heterocycles. The molecule has 2 atom stereocenters. The van der Waals surface area contributed by atoms with Crippen molar-refractivity contribution < 1.29 is 0 Å². The molecular weight excluding hydrogens is 567 g/mol. The summed E-state index contributed by atoms with van der Waals surface area (Å²) >= 11 is 1.92. The van der Waals surface area contributed by atoms with Crippen molar-refractivity contribution in [2.24, 2.45) is 5.92 Å². The summed E-state index contributed by atoms with van der Waals surface area (Å²) in [6, 6.07) is 46.6. The minimum atomic E-state index is 0.403. The number of hydrogen-bond acceptors (Lipinski definition) is 4. The van der Waals surface area contributed by atoms with E-state index >= 15 is 0 Å². The molecule has 0 aromatic heterocycles. The van der Waals surface area contributed by atoms with Crippen LogP contribution >= 0.6 is 11.8 Å². The first-order valence-corrected chi connectivity index (χ1v) is 15.9. The van der Waals surface area contributed by atoms with Gasteiger partial charge in [0.25, 0.3) is 0 Å². The van der Waals surface area contributed by atoms with Crippen LogP contribution in [0.4, 0.5) is 17.1 Å². The van der Waals surface area contributed by atoms with Gasteiger partial charge in [-0.3, -0.25) is 0 Å². The van der Waals surface area contributed by atoms with Crippen LogP contribution in [-0.4, -0.2) is 0 Å². The van der Waals surface area contributed by atoms with Crippen molar-refractivity contribution in [1.29, 1.82) is 10.5 Å². The van der Waals surface area contributed by atoms with Crippen molar-refractivity contribution in [1.82, 2.24) is 0 Å². The normalized spacial score (nSPS) is 16.7. The monoisotopic (exact) mass is 593 g/mol. The van der Waals surface area contributed by atoms with Crippen molar-refractivity contribution in [3.8, 4) is 12.1 Å². The van der Waals surface area contributed by atoms with E-state index in [1.165, 1.54) is 26.5 Å². The van der Waals surface area contributed by atoms with Gasteiger partial charge in [0.1, 0.15) is 0 Å². The average Bonchev–Trinajstić information content (AvgIpc) is 3.49. The molecule has 212 valence electrons. The molecule has 0 saturated heterocycles. The van der Waals surface area contributed by atoms with Crippen LogP contribution in [0.2, 0.25) is 0 Å². The lowest BCUT2D eigenvalue weighted by molar-refractivity contribution is 0.630. The van der Waals surface area contributed by atoms with Crippen molar-refractivity contribution in [2.75, 3.05) is 4.90 Å². The quantitative estimate of drug-likeness (QED) is 0.204.